The second-order valence-corrected chi connectivity index (χ2v) is 7.33. The van der Waals surface area contributed by atoms with Gasteiger partial charge in [-0.1, -0.05) is 23.8 Å². The number of benzene rings is 1. The second-order valence-electron chi connectivity index (χ2n) is 7.33. The van der Waals surface area contributed by atoms with E-state index in [1.54, 1.807) is 6.07 Å². The number of fused-ring (bicyclic) bond motifs is 2. The molecule has 1 amide bonds. The predicted molar refractivity (Wildman–Crippen MR) is 107 cm³/mol. The minimum Gasteiger partial charge on any atom is -0.310 e. The Kier molecular flexibility index (Phi) is 4.01. The summed E-state index contributed by atoms with van der Waals surface area (Å²) < 4.78 is 2.03. The quantitative estimate of drug-likeness (QED) is 0.495. The van der Waals surface area contributed by atoms with Crippen molar-refractivity contribution in [1.82, 2.24) is 29.9 Å². The molecule has 1 aromatic carbocycles. The minimum atomic E-state index is -0.238. The Hall–Kier alpha value is -3.75. The van der Waals surface area contributed by atoms with Gasteiger partial charge in [0.05, 0.1) is 11.3 Å². The smallest absolute Gasteiger partial charge is 0.249 e. The summed E-state index contributed by atoms with van der Waals surface area (Å²) in [6.07, 6.45) is 1.38. The minimum absolute atomic E-state index is 0.101. The van der Waals surface area contributed by atoms with Gasteiger partial charge in [0, 0.05) is 24.6 Å². The third kappa shape index (κ3) is 3.10. The molecular formula is C20H19N7O2. The molecule has 1 unspecified atom stereocenters. The van der Waals surface area contributed by atoms with Gasteiger partial charge in [0.15, 0.2) is 11.5 Å². The van der Waals surface area contributed by atoms with Crippen LogP contribution in [-0.4, -0.2) is 35.9 Å². The van der Waals surface area contributed by atoms with Gasteiger partial charge in [0.25, 0.3) is 0 Å². The maximum atomic E-state index is 12.9. The number of H-pyrrole nitrogens is 2. The maximum Gasteiger partial charge on any atom is 0.249 e. The molecule has 1 aliphatic rings. The largest absolute Gasteiger partial charge is 0.310 e. The van der Waals surface area contributed by atoms with E-state index in [1.807, 2.05) is 29.7 Å². The van der Waals surface area contributed by atoms with Gasteiger partial charge < -0.3 is 14.9 Å². The lowest BCUT2D eigenvalue weighted by Crippen LogP contribution is -2.31. The topological polar surface area (TPSA) is 121 Å². The Morgan fingerprint density at radius 3 is 3.00 bits per heavy atom. The molecule has 146 valence electrons. The first-order valence-corrected chi connectivity index (χ1v) is 9.46. The van der Waals surface area contributed by atoms with Crippen molar-refractivity contribution < 1.29 is 4.79 Å². The highest BCUT2D eigenvalue weighted by molar-refractivity contribution is 5.99. The fraction of sp³-hybridized carbons (Fsp3) is 0.250. The van der Waals surface area contributed by atoms with Gasteiger partial charge in [-0.2, -0.15) is 5.10 Å². The van der Waals surface area contributed by atoms with Crippen LogP contribution in [0.25, 0.3) is 22.4 Å². The Morgan fingerprint density at radius 1 is 1.24 bits per heavy atom. The van der Waals surface area contributed by atoms with Crippen molar-refractivity contribution in [2.24, 2.45) is 5.92 Å². The van der Waals surface area contributed by atoms with Gasteiger partial charge in [-0.25, -0.2) is 0 Å². The summed E-state index contributed by atoms with van der Waals surface area (Å²) in [7, 11) is 0. The van der Waals surface area contributed by atoms with E-state index in [1.165, 1.54) is 6.07 Å². The highest BCUT2D eigenvalue weighted by Gasteiger charge is 2.28. The van der Waals surface area contributed by atoms with Crippen LogP contribution in [0.3, 0.4) is 0 Å². The van der Waals surface area contributed by atoms with Crippen molar-refractivity contribution in [3.05, 3.63) is 58.1 Å². The van der Waals surface area contributed by atoms with Crippen molar-refractivity contribution in [3.8, 4) is 11.4 Å². The van der Waals surface area contributed by atoms with Crippen molar-refractivity contribution in [3.63, 3.8) is 0 Å². The van der Waals surface area contributed by atoms with Crippen LogP contribution in [0.2, 0.25) is 0 Å². The zero-order valence-electron chi connectivity index (χ0n) is 15.8. The summed E-state index contributed by atoms with van der Waals surface area (Å²) in [5, 5.41) is 19.1. The normalized spacial score (nSPS) is 16.0. The van der Waals surface area contributed by atoms with Crippen LogP contribution in [0.5, 0.6) is 0 Å². The fourth-order valence-corrected chi connectivity index (χ4v) is 3.78. The molecule has 0 bridgehead atoms. The van der Waals surface area contributed by atoms with E-state index in [0.717, 1.165) is 22.8 Å². The molecule has 9 heteroatoms. The summed E-state index contributed by atoms with van der Waals surface area (Å²) in [5.74, 6) is 1.84. The van der Waals surface area contributed by atoms with E-state index < -0.39 is 0 Å². The van der Waals surface area contributed by atoms with Crippen LogP contribution in [0.15, 0.2) is 41.2 Å². The average Bonchev–Trinajstić information content (AvgIpc) is 3.31. The van der Waals surface area contributed by atoms with Crippen LogP contribution < -0.4 is 10.9 Å². The first kappa shape index (κ1) is 17.4. The standard InChI is InChI=1S/C20H19N7O2/c1-11-3-2-4-12(9-11)19-26-23-15-7-5-13(10-27(15)19)20(29)22-18-14-6-8-16(28)21-17(14)24-25-18/h2-4,6,8-9,13H,5,7,10H2,1H3,(H3,21,22,24,25,28,29). The Morgan fingerprint density at radius 2 is 2.14 bits per heavy atom. The van der Waals surface area contributed by atoms with Gasteiger partial charge in [-0.15, -0.1) is 10.2 Å². The van der Waals surface area contributed by atoms with Crippen LogP contribution in [0.1, 0.15) is 17.8 Å². The number of rotatable bonds is 3. The fourth-order valence-electron chi connectivity index (χ4n) is 3.78. The molecule has 0 saturated carbocycles. The van der Waals surface area contributed by atoms with Gasteiger partial charge in [-0.05, 0) is 25.5 Å². The number of hydrogen-bond donors (Lipinski definition) is 3. The predicted octanol–water partition coefficient (Wildman–Crippen LogP) is 2.02. The Balaban J connectivity index is 1.39. The van der Waals surface area contributed by atoms with Gasteiger partial charge >= 0.3 is 0 Å². The molecule has 0 saturated heterocycles. The molecule has 9 nitrogen and oxygen atoms in total. The number of aromatic nitrogens is 6. The highest BCUT2D eigenvalue weighted by atomic mass is 16.2. The molecule has 0 aliphatic carbocycles. The van der Waals surface area contributed by atoms with E-state index in [9.17, 15) is 9.59 Å². The number of pyridine rings is 1. The molecular weight excluding hydrogens is 370 g/mol. The van der Waals surface area contributed by atoms with Gasteiger partial charge in [-0.3, -0.25) is 14.7 Å². The molecule has 4 aromatic rings. The van der Waals surface area contributed by atoms with E-state index in [0.29, 0.717) is 36.2 Å². The summed E-state index contributed by atoms with van der Waals surface area (Å²) in [6.45, 7) is 2.55. The monoisotopic (exact) mass is 389 g/mol. The zero-order valence-corrected chi connectivity index (χ0v) is 15.8. The molecule has 5 rings (SSSR count). The van der Waals surface area contributed by atoms with Crippen molar-refractivity contribution in [1.29, 1.82) is 0 Å². The lowest BCUT2D eigenvalue weighted by molar-refractivity contribution is -0.120. The molecule has 1 atom stereocenters. The summed E-state index contributed by atoms with van der Waals surface area (Å²) in [6, 6.07) is 11.2. The van der Waals surface area contributed by atoms with Crippen LogP contribution in [-0.2, 0) is 17.8 Å². The molecule has 0 fully saturated rings. The number of aromatic amines is 2. The number of aryl methyl sites for hydroxylation is 2. The lowest BCUT2D eigenvalue weighted by atomic mass is 9.98. The SMILES string of the molecule is Cc1cccc(-c2nnc3n2CC(C(=O)Nc2[nH]nc4[nH]c(=O)ccc24)CC3)c1. The molecule has 0 spiro atoms. The second kappa shape index (κ2) is 6.69. The van der Waals surface area contributed by atoms with Crippen LogP contribution in [0.4, 0.5) is 5.82 Å². The first-order valence-electron chi connectivity index (χ1n) is 9.46. The summed E-state index contributed by atoms with van der Waals surface area (Å²) in [4.78, 5) is 27.0. The van der Waals surface area contributed by atoms with Crippen LogP contribution >= 0.6 is 0 Å². The third-order valence-corrected chi connectivity index (χ3v) is 5.29. The number of carbonyl (C=O) groups excluding carboxylic acids is 1. The summed E-state index contributed by atoms with van der Waals surface area (Å²) >= 11 is 0. The molecule has 0 radical (unpaired) electrons. The first-order chi connectivity index (χ1) is 14.1. The number of nitrogens with zero attached hydrogens (tertiary/aromatic N) is 4. The van der Waals surface area contributed by atoms with E-state index >= 15 is 0 Å². The van der Waals surface area contributed by atoms with E-state index in [-0.39, 0.29) is 17.4 Å². The molecule has 4 heterocycles. The highest BCUT2D eigenvalue weighted by Crippen LogP contribution is 2.27. The molecule has 1 aliphatic heterocycles. The van der Waals surface area contributed by atoms with Gasteiger partial charge in [0.1, 0.15) is 11.6 Å². The summed E-state index contributed by atoms with van der Waals surface area (Å²) in [5.41, 5.74) is 2.32. The zero-order chi connectivity index (χ0) is 20.0. The van der Waals surface area contributed by atoms with E-state index in [2.05, 4.69) is 36.8 Å². The number of carbonyl (C=O) groups is 1. The Bertz CT molecular complexity index is 1280. The van der Waals surface area contributed by atoms with Crippen molar-refractivity contribution in [2.45, 2.75) is 26.3 Å². The maximum absolute atomic E-state index is 12.9. The van der Waals surface area contributed by atoms with Crippen LogP contribution in [0, 0.1) is 12.8 Å². The Labute approximate surface area is 165 Å². The van der Waals surface area contributed by atoms with Crippen molar-refractivity contribution in [2.75, 3.05) is 5.32 Å². The number of amides is 1. The third-order valence-electron chi connectivity index (χ3n) is 5.29. The number of nitrogens with one attached hydrogen (secondary N) is 3. The molecule has 29 heavy (non-hydrogen) atoms. The molecule has 3 aromatic heterocycles. The van der Waals surface area contributed by atoms with Crippen molar-refractivity contribution >= 4 is 22.8 Å². The number of hydrogen-bond acceptors (Lipinski definition) is 5. The van der Waals surface area contributed by atoms with Gasteiger partial charge in [0.2, 0.25) is 11.5 Å². The number of anilines is 1. The lowest BCUT2D eigenvalue weighted by Gasteiger charge is -2.23. The van der Waals surface area contributed by atoms with E-state index in [4.69, 9.17) is 0 Å². The molecule has 3 N–H and O–H groups in total. The average molecular weight is 389 g/mol.